The van der Waals surface area contributed by atoms with Gasteiger partial charge in [0.1, 0.15) is 5.76 Å². The Morgan fingerprint density at radius 1 is 1.21 bits per heavy atom. The topological polar surface area (TPSA) is 47.3 Å². The summed E-state index contributed by atoms with van der Waals surface area (Å²) in [6, 6.07) is 7.93. The summed E-state index contributed by atoms with van der Waals surface area (Å²) in [5.74, 6) is 0.660. The average molecular weight is 401 g/mol. The van der Waals surface area contributed by atoms with Crippen molar-refractivity contribution in [2.24, 2.45) is 5.73 Å². The van der Waals surface area contributed by atoms with E-state index in [2.05, 4.69) is 18.5 Å². The van der Waals surface area contributed by atoms with E-state index in [4.69, 9.17) is 22.1 Å². The van der Waals surface area contributed by atoms with E-state index < -0.39 is 0 Å². The Morgan fingerprint density at radius 2 is 1.89 bits per heavy atom. The van der Waals surface area contributed by atoms with Gasteiger partial charge in [0.05, 0.1) is 6.61 Å². The molecule has 0 spiro atoms. The first-order valence-electron chi connectivity index (χ1n) is 9.62. The molecule has 152 valence electrons. The standard InChI is InChI=1S/C24H33ClN2O/c1-6-9-22(7-2)19(4)24(20(5)26)28-17-8-16-27-18(3)10-11-21-12-14-23(25)15-13-21/h6-7,9,12-15,27H,3-4,8,10-11,16-17,26H2,1-2,5H3/b9-6-,22-7+,24-20+. The summed E-state index contributed by atoms with van der Waals surface area (Å²) >= 11 is 5.91. The number of ether oxygens (including phenoxy) is 1. The summed E-state index contributed by atoms with van der Waals surface area (Å²) in [5, 5.41) is 4.12. The SMILES string of the molecule is C=C(CCc1ccc(Cl)cc1)NCCCO/C(C(=C)C(/C=C\C)=C/C)=C(\C)N. The van der Waals surface area contributed by atoms with Crippen molar-refractivity contribution >= 4 is 11.6 Å². The highest BCUT2D eigenvalue weighted by Crippen LogP contribution is 2.22. The molecule has 0 unspecified atom stereocenters. The van der Waals surface area contributed by atoms with E-state index >= 15 is 0 Å². The number of halogens is 1. The second-order valence-electron chi connectivity index (χ2n) is 6.59. The minimum absolute atomic E-state index is 0.563. The molecule has 1 aromatic carbocycles. The number of benzene rings is 1. The van der Waals surface area contributed by atoms with Gasteiger partial charge in [-0.25, -0.2) is 0 Å². The van der Waals surface area contributed by atoms with Crippen LogP contribution >= 0.6 is 11.6 Å². The third kappa shape index (κ3) is 8.53. The van der Waals surface area contributed by atoms with Crippen molar-refractivity contribution in [1.29, 1.82) is 0 Å². The lowest BCUT2D eigenvalue weighted by molar-refractivity contribution is 0.213. The number of nitrogens with one attached hydrogen (secondary N) is 1. The summed E-state index contributed by atoms with van der Waals surface area (Å²) < 4.78 is 5.91. The van der Waals surface area contributed by atoms with Crippen molar-refractivity contribution in [2.45, 2.75) is 40.0 Å². The Balaban J connectivity index is 2.36. The molecule has 0 amide bonds. The van der Waals surface area contributed by atoms with Crippen LogP contribution in [-0.2, 0) is 11.2 Å². The van der Waals surface area contributed by atoms with Crippen molar-refractivity contribution in [3.63, 3.8) is 0 Å². The fraction of sp³-hybridized carbons (Fsp3) is 0.333. The van der Waals surface area contributed by atoms with E-state index in [1.165, 1.54) is 5.56 Å². The molecular weight excluding hydrogens is 368 g/mol. The molecule has 3 nitrogen and oxygen atoms in total. The fourth-order valence-electron chi connectivity index (χ4n) is 2.67. The fourth-order valence-corrected chi connectivity index (χ4v) is 2.79. The molecule has 3 N–H and O–H groups in total. The summed E-state index contributed by atoms with van der Waals surface area (Å²) in [6.07, 6.45) is 8.65. The van der Waals surface area contributed by atoms with E-state index in [9.17, 15) is 0 Å². The highest BCUT2D eigenvalue weighted by molar-refractivity contribution is 6.30. The van der Waals surface area contributed by atoms with E-state index in [1.807, 2.05) is 63.3 Å². The van der Waals surface area contributed by atoms with Gasteiger partial charge in [-0.1, -0.05) is 55.1 Å². The molecule has 4 heteroatoms. The summed E-state index contributed by atoms with van der Waals surface area (Å²) in [7, 11) is 0. The molecule has 1 rings (SSSR count). The highest BCUT2D eigenvalue weighted by Gasteiger charge is 2.10. The van der Waals surface area contributed by atoms with Crippen LogP contribution in [0.25, 0.3) is 0 Å². The largest absolute Gasteiger partial charge is 0.491 e. The van der Waals surface area contributed by atoms with Crippen LogP contribution in [0.5, 0.6) is 0 Å². The lowest BCUT2D eigenvalue weighted by Gasteiger charge is -2.16. The zero-order chi connectivity index (χ0) is 20.9. The van der Waals surface area contributed by atoms with Crippen LogP contribution in [0.3, 0.4) is 0 Å². The molecule has 0 bridgehead atoms. The predicted molar refractivity (Wildman–Crippen MR) is 122 cm³/mol. The van der Waals surface area contributed by atoms with Gasteiger partial charge in [0, 0.05) is 28.5 Å². The highest BCUT2D eigenvalue weighted by atomic mass is 35.5. The Kier molecular flexibility index (Phi) is 10.9. The van der Waals surface area contributed by atoms with Crippen LogP contribution in [0.4, 0.5) is 0 Å². The lowest BCUT2D eigenvalue weighted by Crippen LogP contribution is -2.17. The summed E-state index contributed by atoms with van der Waals surface area (Å²) in [6.45, 7) is 15.4. The maximum Gasteiger partial charge on any atom is 0.144 e. The van der Waals surface area contributed by atoms with E-state index in [0.717, 1.165) is 47.7 Å². The van der Waals surface area contributed by atoms with E-state index in [-0.39, 0.29) is 0 Å². The van der Waals surface area contributed by atoms with Gasteiger partial charge in [0.15, 0.2) is 0 Å². The van der Waals surface area contributed by atoms with Crippen molar-refractivity contribution in [2.75, 3.05) is 13.2 Å². The Bertz CT molecular complexity index is 738. The quantitative estimate of drug-likeness (QED) is 0.255. The number of hydrogen-bond acceptors (Lipinski definition) is 3. The second-order valence-corrected chi connectivity index (χ2v) is 7.03. The minimum Gasteiger partial charge on any atom is -0.491 e. The van der Waals surface area contributed by atoms with Gasteiger partial charge >= 0.3 is 0 Å². The first kappa shape index (κ1) is 23.6. The number of allylic oxidation sites excluding steroid dienone is 6. The minimum atomic E-state index is 0.563. The molecule has 0 radical (unpaired) electrons. The van der Waals surface area contributed by atoms with Crippen LogP contribution < -0.4 is 11.1 Å². The van der Waals surface area contributed by atoms with Gasteiger partial charge in [-0.05, 0) is 63.3 Å². The van der Waals surface area contributed by atoms with Crippen molar-refractivity contribution in [3.8, 4) is 0 Å². The smallest absolute Gasteiger partial charge is 0.144 e. The summed E-state index contributed by atoms with van der Waals surface area (Å²) in [4.78, 5) is 0. The molecule has 0 aromatic heterocycles. The summed E-state index contributed by atoms with van der Waals surface area (Å²) in [5.41, 5.74) is 10.7. The third-order valence-electron chi connectivity index (χ3n) is 4.21. The molecule has 0 aliphatic heterocycles. The number of nitrogens with two attached hydrogens (primary N) is 1. The molecule has 0 atom stereocenters. The van der Waals surface area contributed by atoms with Gasteiger partial charge in [-0.2, -0.15) is 0 Å². The first-order valence-corrected chi connectivity index (χ1v) is 10.0. The Morgan fingerprint density at radius 3 is 2.46 bits per heavy atom. The van der Waals surface area contributed by atoms with Gasteiger partial charge in [-0.3, -0.25) is 0 Å². The Labute approximate surface area is 175 Å². The number of rotatable bonds is 12. The van der Waals surface area contributed by atoms with Gasteiger partial charge in [0.2, 0.25) is 0 Å². The van der Waals surface area contributed by atoms with Gasteiger partial charge < -0.3 is 15.8 Å². The van der Waals surface area contributed by atoms with E-state index in [1.54, 1.807) is 0 Å². The van der Waals surface area contributed by atoms with Crippen molar-refractivity contribution in [1.82, 2.24) is 5.32 Å². The zero-order valence-corrected chi connectivity index (χ0v) is 18.1. The molecule has 0 saturated heterocycles. The maximum absolute atomic E-state index is 6.00. The van der Waals surface area contributed by atoms with Crippen LogP contribution in [-0.4, -0.2) is 13.2 Å². The molecule has 0 aliphatic carbocycles. The van der Waals surface area contributed by atoms with Gasteiger partial charge in [-0.15, -0.1) is 0 Å². The maximum atomic E-state index is 6.00. The van der Waals surface area contributed by atoms with Gasteiger partial charge in [0.25, 0.3) is 0 Å². The molecular formula is C24H33ClN2O. The predicted octanol–water partition coefficient (Wildman–Crippen LogP) is 6.05. The molecule has 1 aromatic rings. The van der Waals surface area contributed by atoms with Crippen molar-refractivity contribution in [3.05, 3.63) is 94.5 Å². The van der Waals surface area contributed by atoms with Crippen LogP contribution in [0.2, 0.25) is 5.02 Å². The monoisotopic (exact) mass is 400 g/mol. The third-order valence-corrected chi connectivity index (χ3v) is 4.46. The van der Waals surface area contributed by atoms with Crippen LogP contribution in [0, 0.1) is 0 Å². The van der Waals surface area contributed by atoms with Crippen LogP contribution in [0.15, 0.2) is 84.0 Å². The van der Waals surface area contributed by atoms with Crippen molar-refractivity contribution < 1.29 is 4.74 Å². The normalized spacial score (nSPS) is 12.6. The van der Waals surface area contributed by atoms with Crippen LogP contribution in [0.1, 0.15) is 39.2 Å². The first-order chi connectivity index (χ1) is 13.4. The molecule has 0 fully saturated rings. The zero-order valence-electron chi connectivity index (χ0n) is 17.4. The Hall–Kier alpha value is -2.39. The molecule has 28 heavy (non-hydrogen) atoms. The average Bonchev–Trinajstić information content (AvgIpc) is 2.67. The molecule has 0 aliphatic rings. The second kappa shape index (κ2) is 12.9. The van der Waals surface area contributed by atoms with E-state index in [0.29, 0.717) is 18.1 Å². The number of aryl methyl sites for hydroxylation is 1. The number of hydrogen-bond donors (Lipinski definition) is 2. The lowest BCUT2D eigenvalue weighted by atomic mass is 10.0. The molecule has 0 heterocycles. The molecule has 0 saturated carbocycles.